The maximum absolute atomic E-state index is 12.2. The third-order valence-corrected chi connectivity index (χ3v) is 5.29. The van der Waals surface area contributed by atoms with Crippen molar-refractivity contribution in [2.75, 3.05) is 18.4 Å². The molecule has 0 radical (unpaired) electrons. The zero-order chi connectivity index (χ0) is 19.1. The molecule has 1 heterocycles. The van der Waals surface area contributed by atoms with Crippen LogP contribution in [0.2, 0.25) is 0 Å². The van der Waals surface area contributed by atoms with Crippen LogP contribution in [0.4, 0.5) is 5.69 Å². The van der Waals surface area contributed by atoms with Crippen LogP contribution in [0, 0.1) is 6.92 Å². The Morgan fingerprint density at radius 1 is 1.07 bits per heavy atom. The summed E-state index contributed by atoms with van der Waals surface area (Å²) in [6, 6.07) is 18.6. The third-order valence-electron chi connectivity index (χ3n) is 4.93. The number of thiocarbonyl (C=S) groups is 1. The molecule has 0 unspecified atom stereocenters. The SMILES string of the molecule is Cc1ccc(NC(=S)N2CCC(NC(=O)CCc3ccccc3)CC2)cc1. The van der Waals surface area contributed by atoms with Gasteiger partial charge in [0.25, 0.3) is 0 Å². The van der Waals surface area contributed by atoms with Crippen molar-refractivity contribution in [2.24, 2.45) is 0 Å². The fourth-order valence-corrected chi connectivity index (χ4v) is 3.57. The molecule has 1 aliphatic heterocycles. The Hall–Kier alpha value is -2.40. The topological polar surface area (TPSA) is 44.4 Å². The van der Waals surface area contributed by atoms with Gasteiger partial charge in [-0.15, -0.1) is 0 Å². The van der Waals surface area contributed by atoms with Crippen molar-refractivity contribution < 1.29 is 4.79 Å². The van der Waals surface area contributed by atoms with E-state index >= 15 is 0 Å². The zero-order valence-corrected chi connectivity index (χ0v) is 16.6. The van der Waals surface area contributed by atoms with Gasteiger partial charge in [-0.25, -0.2) is 0 Å². The second-order valence-electron chi connectivity index (χ2n) is 7.11. The van der Waals surface area contributed by atoms with Crippen LogP contribution in [0.15, 0.2) is 54.6 Å². The summed E-state index contributed by atoms with van der Waals surface area (Å²) < 4.78 is 0. The lowest BCUT2D eigenvalue weighted by molar-refractivity contribution is -0.122. The van der Waals surface area contributed by atoms with Crippen LogP contribution in [0.3, 0.4) is 0 Å². The number of carbonyl (C=O) groups excluding carboxylic acids is 1. The molecule has 0 aliphatic carbocycles. The molecule has 2 aromatic carbocycles. The number of hydrogen-bond donors (Lipinski definition) is 2. The highest BCUT2D eigenvalue weighted by atomic mass is 32.1. The minimum atomic E-state index is 0.137. The molecular formula is C22H27N3OS. The van der Waals surface area contributed by atoms with E-state index in [1.165, 1.54) is 11.1 Å². The van der Waals surface area contributed by atoms with E-state index in [0.29, 0.717) is 6.42 Å². The van der Waals surface area contributed by atoms with Crippen molar-refractivity contribution in [3.63, 3.8) is 0 Å². The quantitative estimate of drug-likeness (QED) is 0.771. The first kappa shape index (κ1) is 19.4. The largest absolute Gasteiger partial charge is 0.353 e. The average Bonchev–Trinajstić information content (AvgIpc) is 2.69. The van der Waals surface area contributed by atoms with Crippen molar-refractivity contribution in [2.45, 2.75) is 38.6 Å². The third kappa shape index (κ3) is 6.07. The summed E-state index contributed by atoms with van der Waals surface area (Å²) in [7, 11) is 0. The van der Waals surface area contributed by atoms with Gasteiger partial charge in [0, 0.05) is 31.2 Å². The predicted octanol–water partition coefficient (Wildman–Crippen LogP) is 3.91. The lowest BCUT2D eigenvalue weighted by atomic mass is 10.0. The van der Waals surface area contributed by atoms with Gasteiger partial charge in [0.15, 0.2) is 5.11 Å². The fraction of sp³-hybridized carbons (Fsp3) is 0.364. The van der Waals surface area contributed by atoms with Gasteiger partial charge >= 0.3 is 0 Å². The van der Waals surface area contributed by atoms with Gasteiger partial charge in [-0.1, -0.05) is 48.0 Å². The molecule has 1 saturated heterocycles. The molecule has 27 heavy (non-hydrogen) atoms. The molecule has 2 aromatic rings. The summed E-state index contributed by atoms with van der Waals surface area (Å²) in [6.07, 6.45) is 3.17. The zero-order valence-electron chi connectivity index (χ0n) is 15.8. The summed E-state index contributed by atoms with van der Waals surface area (Å²) in [6.45, 7) is 3.80. The van der Waals surface area contributed by atoms with Crippen LogP contribution in [-0.2, 0) is 11.2 Å². The van der Waals surface area contributed by atoms with E-state index in [9.17, 15) is 4.79 Å². The number of likely N-dealkylation sites (tertiary alicyclic amines) is 1. The summed E-state index contributed by atoms with van der Waals surface area (Å²) in [4.78, 5) is 14.4. The molecule has 4 nitrogen and oxygen atoms in total. The standard InChI is InChI=1S/C22H27N3OS/c1-17-7-10-19(11-8-17)24-22(27)25-15-13-20(14-16-25)23-21(26)12-9-18-5-3-2-4-6-18/h2-8,10-11,20H,9,12-16H2,1H3,(H,23,26)(H,24,27). The first-order valence-corrected chi connectivity index (χ1v) is 9.97. The minimum absolute atomic E-state index is 0.137. The fourth-order valence-electron chi connectivity index (χ4n) is 3.27. The van der Waals surface area contributed by atoms with Crippen LogP contribution in [0.5, 0.6) is 0 Å². The first-order chi connectivity index (χ1) is 13.1. The number of nitrogens with zero attached hydrogens (tertiary/aromatic N) is 1. The number of rotatable bonds is 5. The van der Waals surface area contributed by atoms with Crippen LogP contribution < -0.4 is 10.6 Å². The molecule has 142 valence electrons. The normalized spacial score (nSPS) is 14.6. The number of hydrogen-bond acceptors (Lipinski definition) is 2. The average molecular weight is 382 g/mol. The number of benzene rings is 2. The number of nitrogens with one attached hydrogen (secondary N) is 2. The molecule has 1 aliphatic rings. The van der Waals surface area contributed by atoms with Crippen molar-refractivity contribution in [3.8, 4) is 0 Å². The predicted molar refractivity (Wildman–Crippen MR) is 115 cm³/mol. The molecule has 3 rings (SSSR count). The highest BCUT2D eigenvalue weighted by Crippen LogP contribution is 2.14. The summed E-state index contributed by atoms with van der Waals surface area (Å²) in [5.74, 6) is 0.137. The molecule has 0 aromatic heterocycles. The summed E-state index contributed by atoms with van der Waals surface area (Å²) in [5, 5.41) is 7.24. The summed E-state index contributed by atoms with van der Waals surface area (Å²) >= 11 is 5.54. The Labute approximate surface area is 167 Å². The molecule has 0 atom stereocenters. The molecule has 2 N–H and O–H groups in total. The lowest BCUT2D eigenvalue weighted by Gasteiger charge is -2.34. The highest BCUT2D eigenvalue weighted by Gasteiger charge is 2.22. The van der Waals surface area contributed by atoms with Gasteiger partial charge in [0.1, 0.15) is 0 Å². The van der Waals surface area contributed by atoms with Crippen molar-refractivity contribution in [1.29, 1.82) is 0 Å². The van der Waals surface area contributed by atoms with E-state index < -0.39 is 0 Å². The number of carbonyl (C=O) groups is 1. The second-order valence-corrected chi connectivity index (χ2v) is 7.50. The van der Waals surface area contributed by atoms with Crippen molar-refractivity contribution in [1.82, 2.24) is 10.2 Å². The van der Waals surface area contributed by atoms with Crippen LogP contribution in [0.25, 0.3) is 0 Å². The molecule has 1 fully saturated rings. The van der Waals surface area contributed by atoms with Crippen LogP contribution >= 0.6 is 12.2 Å². The van der Waals surface area contributed by atoms with E-state index in [1.54, 1.807) is 0 Å². The van der Waals surface area contributed by atoms with E-state index in [0.717, 1.165) is 43.2 Å². The van der Waals surface area contributed by atoms with Gasteiger partial charge in [-0.2, -0.15) is 0 Å². The second kappa shape index (κ2) is 9.51. The van der Waals surface area contributed by atoms with Crippen molar-refractivity contribution in [3.05, 3.63) is 65.7 Å². The Balaban J connectivity index is 1.38. The van der Waals surface area contributed by atoms with Crippen molar-refractivity contribution >= 4 is 28.9 Å². The van der Waals surface area contributed by atoms with Gasteiger partial charge in [-0.05, 0) is 56.1 Å². The maximum atomic E-state index is 12.2. The van der Waals surface area contributed by atoms with E-state index in [-0.39, 0.29) is 11.9 Å². The number of anilines is 1. The Kier molecular flexibility index (Phi) is 6.82. The van der Waals surface area contributed by atoms with Gasteiger partial charge in [-0.3, -0.25) is 4.79 Å². The minimum Gasteiger partial charge on any atom is -0.353 e. The molecular weight excluding hydrogens is 354 g/mol. The number of piperidine rings is 1. The van der Waals surface area contributed by atoms with E-state index in [4.69, 9.17) is 12.2 Å². The van der Waals surface area contributed by atoms with E-state index in [2.05, 4.69) is 46.7 Å². The summed E-state index contributed by atoms with van der Waals surface area (Å²) in [5.41, 5.74) is 3.45. The van der Waals surface area contributed by atoms with Crippen LogP contribution in [0.1, 0.15) is 30.4 Å². The molecule has 0 spiro atoms. The lowest BCUT2D eigenvalue weighted by Crippen LogP contribution is -2.47. The van der Waals surface area contributed by atoms with Gasteiger partial charge < -0.3 is 15.5 Å². The van der Waals surface area contributed by atoms with Gasteiger partial charge in [0.05, 0.1) is 0 Å². The Morgan fingerprint density at radius 3 is 2.41 bits per heavy atom. The number of amides is 1. The van der Waals surface area contributed by atoms with Crippen LogP contribution in [-0.4, -0.2) is 35.1 Å². The maximum Gasteiger partial charge on any atom is 0.220 e. The van der Waals surface area contributed by atoms with Gasteiger partial charge in [0.2, 0.25) is 5.91 Å². The monoisotopic (exact) mass is 381 g/mol. The smallest absolute Gasteiger partial charge is 0.220 e. The Morgan fingerprint density at radius 2 is 1.74 bits per heavy atom. The number of aryl methyl sites for hydroxylation is 2. The van der Waals surface area contributed by atoms with E-state index in [1.807, 2.05) is 30.3 Å². The molecule has 0 bridgehead atoms. The first-order valence-electron chi connectivity index (χ1n) is 9.56. The Bertz CT molecular complexity index is 753. The molecule has 0 saturated carbocycles. The highest BCUT2D eigenvalue weighted by molar-refractivity contribution is 7.80. The molecule has 1 amide bonds. The molecule has 5 heteroatoms.